The molecule has 0 atom stereocenters. The minimum absolute atomic E-state index is 0.0463. The van der Waals surface area contributed by atoms with Crippen LogP contribution in [-0.2, 0) is 0 Å². The highest BCUT2D eigenvalue weighted by molar-refractivity contribution is 7.17. The summed E-state index contributed by atoms with van der Waals surface area (Å²) in [5.74, 6) is 1.61. The molecule has 1 fully saturated rings. The SMILES string of the molecule is CCNc1cc(C)nc(N2CCN(C(=O)c3ccc(Cl)s3)CC2)n1. The van der Waals surface area contributed by atoms with Crippen LogP contribution < -0.4 is 10.2 Å². The zero-order chi connectivity index (χ0) is 17.1. The Kier molecular flexibility index (Phi) is 5.20. The van der Waals surface area contributed by atoms with Crippen molar-refractivity contribution in [1.29, 1.82) is 0 Å². The van der Waals surface area contributed by atoms with Gasteiger partial charge in [0.2, 0.25) is 5.95 Å². The molecule has 3 heterocycles. The number of carbonyl (C=O) groups is 1. The second-order valence-corrected chi connectivity index (χ2v) is 7.32. The van der Waals surface area contributed by atoms with Crippen LogP contribution in [-0.4, -0.2) is 53.5 Å². The number of carbonyl (C=O) groups excluding carboxylic acids is 1. The number of hydrogen-bond donors (Lipinski definition) is 1. The van der Waals surface area contributed by atoms with Crippen molar-refractivity contribution in [2.45, 2.75) is 13.8 Å². The first kappa shape index (κ1) is 17.0. The first-order valence-electron chi connectivity index (χ1n) is 7.96. The van der Waals surface area contributed by atoms with Gasteiger partial charge in [-0.2, -0.15) is 4.98 Å². The molecule has 1 aliphatic rings. The summed E-state index contributed by atoms with van der Waals surface area (Å²) in [6.07, 6.45) is 0. The Labute approximate surface area is 150 Å². The molecule has 0 aliphatic carbocycles. The largest absolute Gasteiger partial charge is 0.370 e. The molecule has 6 nitrogen and oxygen atoms in total. The lowest BCUT2D eigenvalue weighted by atomic mass is 10.3. The Morgan fingerprint density at radius 2 is 2.04 bits per heavy atom. The normalized spacial score (nSPS) is 14.8. The Morgan fingerprint density at radius 1 is 1.29 bits per heavy atom. The van der Waals surface area contributed by atoms with Crippen molar-refractivity contribution in [3.63, 3.8) is 0 Å². The smallest absolute Gasteiger partial charge is 0.264 e. The highest BCUT2D eigenvalue weighted by Gasteiger charge is 2.24. The number of nitrogens with one attached hydrogen (secondary N) is 1. The number of rotatable bonds is 4. The number of piperazine rings is 1. The Balaban J connectivity index is 1.65. The van der Waals surface area contributed by atoms with Gasteiger partial charge in [0, 0.05) is 44.5 Å². The molecule has 0 saturated carbocycles. The number of hydrogen-bond acceptors (Lipinski definition) is 6. The molecule has 2 aromatic heterocycles. The van der Waals surface area contributed by atoms with Gasteiger partial charge >= 0.3 is 0 Å². The van der Waals surface area contributed by atoms with Crippen LogP contribution in [0.15, 0.2) is 18.2 Å². The summed E-state index contributed by atoms with van der Waals surface area (Å²) in [7, 11) is 0. The molecule has 0 bridgehead atoms. The summed E-state index contributed by atoms with van der Waals surface area (Å²) in [5.41, 5.74) is 0.933. The van der Waals surface area contributed by atoms with Crippen LogP contribution in [0.4, 0.5) is 11.8 Å². The van der Waals surface area contributed by atoms with Crippen molar-refractivity contribution in [3.05, 3.63) is 33.1 Å². The summed E-state index contributed by atoms with van der Waals surface area (Å²) in [6.45, 7) is 7.58. The molecule has 0 radical (unpaired) electrons. The molecule has 1 amide bonds. The van der Waals surface area contributed by atoms with E-state index in [0.717, 1.165) is 37.1 Å². The van der Waals surface area contributed by atoms with Crippen molar-refractivity contribution in [2.24, 2.45) is 0 Å². The summed E-state index contributed by atoms with van der Waals surface area (Å²) < 4.78 is 0.640. The number of amides is 1. The van der Waals surface area contributed by atoms with E-state index in [-0.39, 0.29) is 5.91 Å². The van der Waals surface area contributed by atoms with Gasteiger partial charge in [-0.05, 0) is 26.0 Å². The molecule has 8 heteroatoms. The quantitative estimate of drug-likeness (QED) is 0.902. The number of aryl methyl sites for hydroxylation is 1. The summed E-state index contributed by atoms with van der Waals surface area (Å²) in [6, 6.07) is 5.49. The van der Waals surface area contributed by atoms with E-state index in [2.05, 4.69) is 20.2 Å². The summed E-state index contributed by atoms with van der Waals surface area (Å²) >= 11 is 7.24. The molecule has 0 aromatic carbocycles. The first-order chi connectivity index (χ1) is 11.6. The number of halogens is 1. The maximum absolute atomic E-state index is 12.5. The van der Waals surface area contributed by atoms with Crippen LogP contribution in [0.2, 0.25) is 4.34 Å². The van der Waals surface area contributed by atoms with Gasteiger partial charge in [0.25, 0.3) is 5.91 Å². The zero-order valence-electron chi connectivity index (χ0n) is 13.8. The van der Waals surface area contributed by atoms with Crippen molar-refractivity contribution >= 4 is 40.6 Å². The van der Waals surface area contributed by atoms with Gasteiger partial charge < -0.3 is 15.1 Å². The fourth-order valence-electron chi connectivity index (χ4n) is 2.66. The van der Waals surface area contributed by atoms with Gasteiger partial charge in [-0.15, -0.1) is 11.3 Å². The zero-order valence-corrected chi connectivity index (χ0v) is 15.3. The Morgan fingerprint density at radius 3 is 2.67 bits per heavy atom. The van der Waals surface area contributed by atoms with Crippen LogP contribution in [0.3, 0.4) is 0 Å². The van der Waals surface area contributed by atoms with Crippen LogP contribution in [0.25, 0.3) is 0 Å². The van der Waals surface area contributed by atoms with Crippen molar-refractivity contribution in [1.82, 2.24) is 14.9 Å². The third-order valence-electron chi connectivity index (χ3n) is 3.83. The average molecular weight is 366 g/mol. The molecule has 1 saturated heterocycles. The van der Waals surface area contributed by atoms with E-state index in [4.69, 9.17) is 11.6 Å². The van der Waals surface area contributed by atoms with E-state index in [1.54, 1.807) is 12.1 Å². The minimum atomic E-state index is 0.0463. The van der Waals surface area contributed by atoms with Gasteiger partial charge in [-0.1, -0.05) is 11.6 Å². The van der Waals surface area contributed by atoms with Crippen molar-refractivity contribution < 1.29 is 4.79 Å². The molecule has 3 rings (SSSR count). The minimum Gasteiger partial charge on any atom is -0.370 e. The average Bonchev–Trinajstić information content (AvgIpc) is 3.00. The van der Waals surface area contributed by atoms with E-state index >= 15 is 0 Å². The predicted octanol–water partition coefficient (Wildman–Crippen LogP) is 2.89. The van der Waals surface area contributed by atoms with E-state index in [0.29, 0.717) is 22.3 Å². The van der Waals surface area contributed by atoms with Gasteiger partial charge in [-0.25, -0.2) is 4.98 Å². The molecular formula is C16H20ClN5OS. The highest BCUT2D eigenvalue weighted by atomic mass is 35.5. The number of anilines is 2. The number of nitrogens with zero attached hydrogens (tertiary/aromatic N) is 4. The van der Waals surface area contributed by atoms with Gasteiger partial charge in [-0.3, -0.25) is 4.79 Å². The molecule has 1 aliphatic heterocycles. The van der Waals surface area contributed by atoms with Crippen LogP contribution >= 0.6 is 22.9 Å². The molecule has 24 heavy (non-hydrogen) atoms. The van der Waals surface area contributed by atoms with E-state index < -0.39 is 0 Å². The monoisotopic (exact) mass is 365 g/mol. The summed E-state index contributed by atoms with van der Waals surface area (Å²) in [4.78, 5) is 26.2. The summed E-state index contributed by atoms with van der Waals surface area (Å²) in [5, 5.41) is 3.23. The lowest BCUT2D eigenvalue weighted by molar-refractivity contribution is 0.0751. The molecule has 2 aromatic rings. The second-order valence-electron chi connectivity index (χ2n) is 5.61. The van der Waals surface area contributed by atoms with Crippen molar-refractivity contribution in [3.8, 4) is 0 Å². The lowest BCUT2D eigenvalue weighted by Crippen LogP contribution is -2.49. The predicted molar refractivity (Wildman–Crippen MR) is 98.4 cm³/mol. The van der Waals surface area contributed by atoms with Crippen LogP contribution in [0.5, 0.6) is 0 Å². The topological polar surface area (TPSA) is 61.4 Å². The van der Waals surface area contributed by atoms with Gasteiger partial charge in [0.15, 0.2) is 0 Å². The van der Waals surface area contributed by atoms with E-state index in [1.165, 1.54) is 11.3 Å². The maximum Gasteiger partial charge on any atom is 0.264 e. The molecule has 128 valence electrons. The molecule has 1 N–H and O–H groups in total. The van der Waals surface area contributed by atoms with Crippen LogP contribution in [0, 0.1) is 6.92 Å². The van der Waals surface area contributed by atoms with E-state index in [9.17, 15) is 4.79 Å². The van der Waals surface area contributed by atoms with Crippen LogP contribution in [0.1, 0.15) is 22.3 Å². The second kappa shape index (κ2) is 7.36. The fourth-order valence-corrected chi connectivity index (χ4v) is 3.67. The molecule has 0 spiro atoms. The third kappa shape index (κ3) is 3.79. The highest BCUT2D eigenvalue weighted by Crippen LogP contribution is 2.23. The van der Waals surface area contributed by atoms with Crippen molar-refractivity contribution in [2.75, 3.05) is 42.9 Å². The van der Waals surface area contributed by atoms with Gasteiger partial charge in [0.05, 0.1) is 9.21 Å². The maximum atomic E-state index is 12.5. The lowest BCUT2D eigenvalue weighted by Gasteiger charge is -2.34. The number of thiophene rings is 1. The Bertz CT molecular complexity index is 727. The molecule has 0 unspecified atom stereocenters. The number of aromatic nitrogens is 2. The molecular weight excluding hydrogens is 346 g/mol. The first-order valence-corrected chi connectivity index (χ1v) is 9.15. The van der Waals surface area contributed by atoms with Gasteiger partial charge in [0.1, 0.15) is 5.82 Å². The Hall–Kier alpha value is -1.86. The third-order valence-corrected chi connectivity index (χ3v) is 5.05. The standard InChI is InChI=1S/C16H20ClN5OS/c1-3-18-14-10-11(2)19-16(20-14)22-8-6-21(7-9-22)15(23)12-4-5-13(17)24-12/h4-5,10H,3,6-9H2,1-2H3,(H,18,19,20). The fraction of sp³-hybridized carbons (Fsp3) is 0.438. The van der Waals surface area contributed by atoms with E-state index in [1.807, 2.05) is 24.8 Å².